The van der Waals surface area contributed by atoms with Crippen LogP contribution in [0.5, 0.6) is 5.75 Å². The van der Waals surface area contributed by atoms with Gasteiger partial charge in [-0.3, -0.25) is 4.79 Å². The summed E-state index contributed by atoms with van der Waals surface area (Å²) in [5.74, 6) is -1.20. The van der Waals surface area contributed by atoms with Crippen molar-refractivity contribution in [3.8, 4) is 5.75 Å². The summed E-state index contributed by atoms with van der Waals surface area (Å²) in [5, 5.41) is 11.6. The third-order valence-corrected chi connectivity index (χ3v) is 3.26. The van der Waals surface area contributed by atoms with Crippen LogP contribution in [0.1, 0.15) is 30.6 Å². The van der Waals surface area contributed by atoms with Gasteiger partial charge in [-0.25, -0.2) is 4.79 Å². The first-order valence-corrected chi connectivity index (χ1v) is 7.63. The number of benzene rings is 1. The monoisotopic (exact) mass is 373 g/mol. The van der Waals surface area contributed by atoms with Crippen molar-refractivity contribution in [2.45, 2.75) is 32.4 Å². The maximum absolute atomic E-state index is 12.3. The smallest absolute Gasteiger partial charge is 0.326 e. The van der Waals surface area contributed by atoms with Gasteiger partial charge in [-0.1, -0.05) is 15.9 Å². The Morgan fingerprint density at radius 2 is 2.05 bits per heavy atom. The Morgan fingerprint density at radius 3 is 2.59 bits per heavy atom. The van der Waals surface area contributed by atoms with Gasteiger partial charge < -0.3 is 19.9 Å². The summed E-state index contributed by atoms with van der Waals surface area (Å²) in [5.41, 5.74) is 0.292. The molecule has 1 atom stereocenters. The lowest BCUT2D eigenvalue weighted by Crippen LogP contribution is -2.41. The number of carbonyl (C=O) groups is 2. The SMILES string of the molecule is COCCC(NC(=O)c1ccc(Br)cc1OC(C)C)C(=O)O. The number of hydrogen-bond acceptors (Lipinski definition) is 4. The number of halogens is 1. The summed E-state index contributed by atoms with van der Waals surface area (Å²) in [4.78, 5) is 23.5. The molecule has 0 fully saturated rings. The van der Waals surface area contributed by atoms with Crippen LogP contribution >= 0.6 is 15.9 Å². The largest absolute Gasteiger partial charge is 0.490 e. The van der Waals surface area contributed by atoms with Crippen LogP contribution in [0.15, 0.2) is 22.7 Å². The number of amides is 1. The van der Waals surface area contributed by atoms with Gasteiger partial charge in [0.05, 0.1) is 11.7 Å². The molecular formula is C15H20BrNO5. The van der Waals surface area contributed by atoms with Gasteiger partial charge >= 0.3 is 5.97 Å². The molecule has 1 rings (SSSR count). The lowest BCUT2D eigenvalue weighted by molar-refractivity contribution is -0.139. The summed E-state index contributed by atoms with van der Waals surface area (Å²) in [6, 6.07) is 3.96. The molecule has 0 aliphatic rings. The number of ether oxygens (including phenoxy) is 2. The first kappa shape index (κ1) is 18.4. The maximum atomic E-state index is 12.3. The van der Waals surface area contributed by atoms with Crippen molar-refractivity contribution in [1.29, 1.82) is 0 Å². The molecule has 1 aromatic rings. The molecule has 22 heavy (non-hydrogen) atoms. The summed E-state index contributed by atoms with van der Waals surface area (Å²) >= 11 is 3.32. The average molecular weight is 374 g/mol. The minimum Gasteiger partial charge on any atom is -0.490 e. The molecule has 0 saturated carbocycles. The highest BCUT2D eigenvalue weighted by Crippen LogP contribution is 2.25. The van der Waals surface area contributed by atoms with Crippen molar-refractivity contribution >= 4 is 27.8 Å². The summed E-state index contributed by atoms with van der Waals surface area (Å²) in [6.45, 7) is 3.94. The highest BCUT2D eigenvalue weighted by Gasteiger charge is 2.22. The van der Waals surface area contributed by atoms with Crippen molar-refractivity contribution in [1.82, 2.24) is 5.32 Å². The molecule has 6 nitrogen and oxygen atoms in total. The molecule has 0 spiro atoms. The highest BCUT2D eigenvalue weighted by atomic mass is 79.9. The second kappa shape index (κ2) is 8.75. The number of carboxylic acid groups (broad SMARTS) is 1. The van der Waals surface area contributed by atoms with Crippen LogP contribution in [-0.4, -0.2) is 42.8 Å². The third-order valence-electron chi connectivity index (χ3n) is 2.77. The van der Waals surface area contributed by atoms with E-state index in [1.807, 2.05) is 13.8 Å². The molecule has 0 saturated heterocycles. The van der Waals surface area contributed by atoms with Gasteiger partial charge in [0, 0.05) is 24.6 Å². The predicted molar refractivity (Wildman–Crippen MR) is 85.3 cm³/mol. The fourth-order valence-electron chi connectivity index (χ4n) is 1.76. The molecule has 1 unspecified atom stereocenters. The summed E-state index contributed by atoms with van der Waals surface area (Å²) in [7, 11) is 1.48. The van der Waals surface area contributed by atoms with Gasteiger partial charge in [-0.2, -0.15) is 0 Å². The van der Waals surface area contributed by atoms with E-state index in [4.69, 9.17) is 14.6 Å². The Balaban J connectivity index is 2.93. The lowest BCUT2D eigenvalue weighted by Gasteiger charge is -2.17. The number of carboxylic acids is 1. The Hall–Kier alpha value is -1.60. The Kier molecular flexibility index (Phi) is 7.34. The quantitative estimate of drug-likeness (QED) is 0.730. The van der Waals surface area contributed by atoms with Gasteiger partial charge in [0.15, 0.2) is 0 Å². The van der Waals surface area contributed by atoms with Crippen molar-refractivity contribution in [2.75, 3.05) is 13.7 Å². The van der Waals surface area contributed by atoms with Crippen LogP contribution in [0.2, 0.25) is 0 Å². The van der Waals surface area contributed by atoms with Crippen molar-refractivity contribution in [2.24, 2.45) is 0 Å². The molecule has 0 aliphatic carbocycles. The van der Waals surface area contributed by atoms with E-state index in [0.717, 1.165) is 4.47 Å². The second-order valence-corrected chi connectivity index (χ2v) is 5.87. The van der Waals surface area contributed by atoms with E-state index in [0.29, 0.717) is 11.3 Å². The lowest BCUT2D eigenvalue weighted by atomic mass is 10.1. The second-order valence-electron chi connectivity index (χ2n) is 4.95. The molecule has 0 heterocycles. The van der Waals surface area contributed by atoms with Crippen LogP contribution in [0.4, 0.5) is 0 Å². The number of hydrogen-bond donors (Lipinski definition) is 2. The van der Waals surface area contributed by atoms with E-state index in [-0.39, 0.29) is 19.1 Å². The van der Waals surface area contributed by atoms with Gasteiger partial charge in [-0.15, -0.1) is 0 Å². The Morgan fingerprint density at radius 1 is 1.36 bits per heavy atom. The van der Waals surface area contributed by atoms with Crippen molar-refractivity contribution < 1.29 is 24.2 Å². The zero-order chi connectivity index (χ0) is 16.7. The first-order valence-electron chi connectivity index (χ1n) is 6.84. The Bertz CT molecular complexity index is 533. The van der Waals surface area contributed by atoms with E-state index in [1.165, 1.54) is 7.11 Å². The van der Waals surface area contributed by atoms with Crippen LogP contribution in [-0.2, 0) is 9.53 Å². The number of nitrogens with one attached hydrogen (secondary N) is 1. The maximum Gasteiger partial charge on any atom is 0.326 e. The van der Waals surface area contributed by atoms with E-state index < -0.39 is 17.9 Å². The van der Waals surface area contributed by atoms with Crippen LogP contribution < -0.4 is 10.1 Å². The molecule has 122 valence electrons. The average Bonchev–Trinajstić information content (AvgIpc) is 2.42. The summed E-state index contributed by atoms with van der Waals surface area (Å²) in [6.07, 6.45) is 0.0821. The molecule has 0 aromatic heterocycles. The van der Waals surface area contributed by atoms with Gasteiger partial charge in [-0.05, 0) is 32.0 Å². The third kappa shape index (κ3) is 5.65. The van der Waals surface area contributed by atoms with E-state index >= 15 is 0 Å². The number of aliphatic carboxylic acids is 1. The van der Waals surface area contributed by atoms with E-state index in [1.54, 1.807) is 18.2 Å². The number of rotatable bonds is 8. The molecule has 0 radical (unpaired) electrons. The van der Waals surface area contributed by atoms with Crippen LogP contribution in [0.25, 0.3) is 0 Å². The van der Waals surface area contributed by atoms with E-state index in [9.17, 15) is 9.59 Å². The molecule has 0 bridgehead atoms. The molecule has 1 aromatic carbocycles. The number of carbonyl (C=O) groups excluding carboxylic acids is 1. The van der Waals surface area contributed by atoms with Gasteiger partial charge in [0.2, 0.25) is 0 Å². The van der Waals surface area contributed by atoms with Gasteiger partial charge in [0.1, 0.15) is 11.8 Å². The molecular weight excluding hydrogens is 354 g/mol. The topological polar surface area (TPSA) is 84.9 Å². The van der Waals surface area contributed by atoms with Gasteiger partial charge in [0.25, 0.3) is 5.91 Å². The first-order chi connectivity index (χ1) is 10.3. The molecule has 2 N–H and O–H groups in total. The highest BCUT2D eigenvalue weighted by molar-refractivity contribution is 9.10. The zero-order valence-corrected chi connectivity index (χ0v) is 14.3. The van der Waals surface area contributed by atoms with E-state index in [2.05, 4.69) is 21.2 Å². The normalized spacial score (nSPS) is 12.0. The van der Waals surface area contributed by atoms with Crippen LogP contribution in [0, 0.1) is 0 Å². The predicted octanol–water partition coefficient (Wildman–Crippen LogP) is 2.46. The van der Waals surface area contributed by atoms with Crippen LogP contribution in [0.3, 0.4) is 0 Å². The fraction of sp³-hybridized carbons (Fsp3) is 0.467. The minimum atomic E-state index is -1.10. The minimum absolute atomic E-state index is 0.107. The molecule has 0 aliphatic heterocycles. The van der Waals surface area contributed by atoms with Crippen molar-refractivity contribution in [3.05, 3.63) is 28.2 Å². The fourth-order valence-corrected chi connectivity index (χ4v) is 2.10. The Labute approximate surface area is 137 Å². The standard InChI is InChI=1S/C15H20BrNO5/c1-9(2)22-13-8-10(16)4-5-11(13)14(18)17-12(15(19)20)6-7-21-3/h4-5,8-9,12H,6-7H2,1-3H3,(H,17,18)(H,19,20). The zero-order valence-electron chi connectivity index (χ0n) is 12.8. The summed E-state index contributed by atoms with van der Waals surface area (Å²) < 4.78 is 11.2. The molecule has 7 heteroatoms. The number of methoxy groups -OCH3 is 1. The molecule has 1 amide bonds. The van der Waals surface area contributed by atoms with Crippen molar-refractivity contribution in [3.63, 3.8) is 0 Å².